The second-order valence-electron chi connectivity index (χ2n) is 6.79. The molecule has 0 radical (unpaired) electrons. The normalized spacial score (nSPS) is 12.0. The van der Waals surface area contributed by atoms with Gasteiger partial charge >= 0.3 is 0 Å². The van der Waals surface area contributed by atoms with E-state index in [0.29, 0.717) is 21.4 Å². The van der Waals surface area contributed by atoms with Gasteiger partial charge in [-0.3, -0.25) is 4.79 Å². The number of amides is 1. The van der Waals surface area contributed by atoms with Crippen molar-refractivity contribution >= 4 is 28.8 Å². The molecule has 2 aromatic heterocycles. The number of hydrogen-bond acceptors (Lipinski definition) is 4. The minimum absolute atomic E-state index is 0.262. The van der Waals surface area contributed by atoms with E-state index in [1.165, 1.54) is 23.5 Å². The fourth-order valence-electron chi connectivity index (χ4n) is 3.13. The largest absolute Gasteiger partial charge is 0.337 e. The minimum Gasteiger partial charge on any atom is -0.337 e. The maximum atomic E-state index is 13.4. The summed E-state index contributed by atoms with van der Waals surface area (Å²) in [6.45, 7) is 1.80. The van der Waals surface area contributed by atoms with Crippen LogP contribution in [0.2, 0.25) is 5.02 Å². The molecule has 1 unspecified atom stereocenters. The van der Waals surface area contributed by atoms with Crippen molar-refractivity contribution in [3.8, 4) is 10.6 Å². The number of hydrogen-bond donors (Lipinski definition) is 1. The molecule has 1 N–H and O–H groups in total. The Morgan fingerprint density at radius 2 is 1.87 bits per heavy atom. The molecule has 8 heteroatoms. The number of benzene rings is 2. The first-order valence-corrected chi connectivity index (χ1v) is 10.4. The van der Waals surface area contributed by atoms with Crippen LogP contribution in [0.4, 0.5) is 4.39 Å². The predicted octanol–water partition coefficient (Wildman–Crippen LogP) is 5.16. The zero-order valence-electron chi connectivity index (χ0n) is 16.3. The lowest BCUT2D eigenvalue weighted by Gasteiger charge is -2.19. The second kappa shape index (κ2) is 8.38. The number of aromatic nitrogens is 3. The average Bonchev–Trinajstić information content (AvgIpc) is 3.33. The van der Waals surface area contributed by atoms with Gasteiger partial charge in [0, 0.05) is 30.0 Å². The molecule has 0 saturated carbocycles. The van der Waals surface area contributed by atoms with E-state index in [9.17, 15) is 9.18 Å². The molecule has 1 atom stereocenters. The van der Waals surface area contributed by atoms with Crippen molar-refractivity contribution in [3.05, 3.63) is 93.7 Å². The van der Waals surface area contributed by atoms with Gasteiger partial charge in [-0.15, -0.1) is 11.3 Å². The zero-order chi connectivity index (χ0) is 21.3. The van der Waals surface area contributed by atoms with Gasteiger partial charge in [0.15, 0.2) is 0 Å². The highest BCUT2D eigenvalue weighted by molar-refractivity contribution is 7.17. The fraction of sp³-hybridized carbons (Fsp3) is 0.136. The van der Waals surface area contributed by atoms with Gasteiger partial charge in [0.25, 0.3) is 5.91 Å². The summed E-state index contributed by atoms with van der Waals surface area (Å²) in [5, 5.41) is 4.41. The lowest BCUT2D eigenvalue weighted by atomic mass is 10.1. The Hall–Kier alpha value is -3.03. The number of nitrogens with one attached hydrogen (secondary N) is 1. The molecule has 0 fully saturated rings. The SMILES string of the molecule is Cc1nc(-c2ccc(Cl)cc2)sc1C(=O)NC(c1ccc(F)cc1)c1nccn1C. The molecule has 0 aliphatic heterocycles. The average molecular weight is 441 g/mol. The van der Waals surface area contributed by atoms with E-state index >= 15 is 0 Å². The summed E-state index contributed by atoms with van der Waals surface area (Å²) in [4.78, 5) is 22.6. The highest BCUT2D eigenvalue weighted by Crippen LogP contribution is 2.30. The summed E-state index contributed by atoms with van der Waals surface area (Å²) < 4.78 is 15.2. The predicted molar refractivity (Wildman–Crippen MR) is 116 cm³/mol. The topological polar surface area (TPSA) is 59.8 Å². The zero-order valence-corrected chi connectivity index (χ0v) is 17.8. The first-order chi connectivity index (χ1) is 14.4. The molecule has 0 aliphatic rings. The maximum absolute atomic E-state index is 13.4. The Bertz CT molecular complexity index is 1180. The molecule has 5 nitrogen and oxygen atoms in total. The van der Waals surface area contributed by atoms with Crippen LogP contribution >= 0.6 is 22.9 Å². The number of thiazole rings is 1. The molecular weight excluding hydrogens is 423 g/mol. The van der Waals surface area contributed by atoms with Gasteiger partial charge in [-0.1, -0.05) is 35.9 Å². The third-order valence-corrected chi connectivity index (χ3v) is 6.15. The summed E-state index contributed by atoms with van der Waals surface area (Å²) in [6.07, 6.45) is 3.46. The summed E-state index contributed by atoms with van der Waals surface area (Å²) in [5.74, 6) is 0.0483. The minimum atomic E-state index is -0.529. The number of imidazole rings is 1. The molecule has 30 heavy (non-hydrogen) atoms. The van der Waals surface area contributed by atoms with Crippen molar-refractivity contribution in [1.29, 1.82) is 0 Å². The third kappa shape index (κ3) is 4.13. The van der Waals surface area contributed by atoms with Crippen LogP contribution in [0, 0.1) is 12.7 Å². The van der Waals surface area contributed by atoms with Gasteiger partial charge in [0.05, 0.1) is 5.69 Å². The Morgan fingerprint density at radius 3 is 2.50 bits per heavy atom. The molecule has 0 bridgehead atoms. The van der Waals surface area contributed by atoms with Gasteiger partial charge in [0.1, 0.15) is 27.6 Å². The van der Waals surface area contributed by atoms with Crippen LogP contribution in [0.3, 0.4) is 0 Å². The van der Waals surface area contributed by atoms with Crippen LogP contribution in [-0.4, -0.2) is 20.4 Å². The Balaban J connectivity index is 1.65. The molecule has 0 spiro atoms. The van der Waals surface area contributed by atoms with Crippen molar-refractivity contribution in [2.24, 2.45) is 7.05 Å². The maximum Gasteiger partial charge on any atom is 0.264 e. The van der Waals surface area contributed by atoms with Gasteiger partial charge in [0.2, 0.25) is 0 Å². The van der Waals surface area contributed by atoms with Crippen LogP contribution in [0.5, 0.6) is 0 Å². The van der Waals surface area contributed by atoms with E-state index in [4.69, 9.17) is 11.6 Å². The molecule has 4 aromatic rings. The van der Waals surface area contributed by atoms with E-state index in [1.807, 2.05) is 23.7 Å². The van der Waals surface area contributed by atoms with E-state index in [0.717, 1.165) is 16.1 Å². The van der Waals surface area contributed by atoms with Gasteiger partial charge in [-0.05, 0) is 36.8 Å². The first-order valence-electron chi connectivity index (χ1n) is 9.19. The highest BCUT2D eigenvalue weighted by atomic mass is 35.5. The lowest BCUT2D eigenvalue weighted by molar-refractivity contribution is 0.0944. The Labute approximate surface area is 182 Å². The number of carbonyl (C=O) groups excluding carboxylic acids is 1. The van der Waals surface area contributed by atoms with Crippen LogP contribution < -0.4 is 5.32 Å². The van der Waals surface area contributed by atoms with Gasteiger partial charge in [-0.25, -0.2) is 14.4 Å². The molecule has 0 aliphatic carbocycles. The summed E-state index contributed by atoms with van der Waals surface area (Å²) in [5.41, 5.74) is 2.27. The fourth-order valence-corrected chi connectivity index (χ4v) is 4.23. The van der Waals surface area contributed by atoms with Crippen molar-refractivity contribution in [1.82, 2.24) is 19.9 Å². The number of aryl methyl sites for hydroxylation is 2. The lowest BCUT2D eigenvalue weighted by Crippen LogP contribution is -2.31. The van der Waals surface area contributed by atoms with E-state index in [-0.39, 0.29) is 11.7 Å². The quantitative estimate of drug-likeness (QED) is 0.466. The van der Waals surface area contributed by atoms with E-state index < -0.39 is 6.04 Å². The third-order valence-electron chi connectivity index (χ3n) is 4.69. The molecule has 0 saturated heterocycles. The molecular formula is C22H18ClFN4OS. The van der Waals surface area contributed by atoms with Gasteiger partial charge in [-0.2, -0.15) is 0 Å². The highest BCUT2D eigenvalue weighted by Gasteiger charge is 2.24. The number of nitrogens with zero attached hydrogens (tertiary/aromatic N) is 3. The molecule has 152 valence electrons. The smallest absolute Gasteiger partial charge is 0.264 e. The molecule has 2 heterocycles. The molecule has 4 rings (SSSR count). The van der Waals surface area contributed by atoms with Crippen molar-refractivity contribution in [2.45, 2.75) is 13.0 Å². The van der Waals surface area contributed by atoms with Crippen LogP contribution in [0.15, 0.2) is 60.9 Å². The van der Waals surface area contributed by atoms with E-state index in [2.05, 4.69) is 15.3 Å². The van der Waals surface area contributed by atoms with Crippen molar-refractivity contribution < 1.29 is 9.18 Å². The monoisotopic (exact) mass is 440 g/mol. The number of carbonyl (C=O) groups is 1. The van der Waals surface area contributed by atoms with Crippen LogP contribution in [0.1, 0.15) is 32.8 Å². The number of halogens is 2. The van der Waals surface area contributed by atoms with Crippen LogP contribution in [-0.2, 0) is 7.05 Å². The van der Waals surface area contributed by atoms with Crippen molar-refractivity contribution in [2.75, 3.05) is 0 Å². The number of rotatable bonds is 5. The Morgan fingerprint density at radius 1 is 1.17 bits per heavy atom. The standard InChI is InChI=1S/C22H18ClFN4OS/c1-13-19(30-22(26-13)15-3-7-16(23)8-4-15)21(29)27-18(20-25-11-12-28(20)2)14-5-9-17(24)10-6-14/h3-12,18H,1-2H3,(H,27,29). The second-order valence-corrected chi connectivity index (χ2v) is 8.23. The first kappa shape index (κ1) is 20.3. The summed E-state index contributed by atoms with van der Waals surface area (Å²) >= 11 is 7.27. The summed E-state index contributed by atoms with van der Waals surface area (Å²) in [6, 6.07) is 12.8. The Kier molecular flexibility index (Phi) is 5.65. The van der Waals surface area contributed by atoms with Crippen LogP contribution in [0.25, 0.3) is 10.6 Å². The molecule has 1 amide bonds. The van der Waals surface area contributed by atoms with Crippen molar-refractivity contribution in [3.63, 3.8) is 0 Å². The van der Waals surface area contributed by atoms with E-state index in [1.54, 1.807) is 43.6 Å². The summed E-state index contributed by atoms with van der Waals surface area (Å²) in [7, 11) is 1.85. The van der Waals surface area contributed by atoms with Gasteiger partial charge < -0.3 is 9.88 Å². The molecule has 2 aromatic carbocycles.